The second-order valence-corrected chi connectivity index (χ2v) is 5.30. The number of hydrogen-bond acceptors (Lipinski definition) is 2. The van der Waals surface area contributed by atoms with Crippen LogP contribution < -0.4 is 0 Å². The maximum atomic E-state index is 12.2. The summed E-state index contributed by atoms with van der Waals surface area (Å²) in [5.74, 6) is 0.401. The summed E-state index contributed by atoms with van der Waals surface area (Å²) in [6, 6.07) is 9.82. The molecule has 20 heavy (non-hydrogen) atoms. The molecule has 1 aromatic carbocycles. The Balaban J connectivity index is 2.74. The molecule has 1 rings (SSSR count). The van der Waals surface area contributed by atoms with Crippen molar-refractivity contribution in [3.05, 3.63) is 48.0 Å². The number of carbonyl (C=O) groups excluding carboxylic acids is 2. The molecule has 0 unspecified atom stereocenters. The second-order valence-electron chi connectivity index (χ2n) is 5.30. The summed E-state index contributed by atoms with van der Waals surface area (Å²) in [7, 11) is 0. The summed E-state index contributed by atoms with van der Waals surface area (Å²) in [6.07, 6.45) is 3.88. The first-order valence-corrected chi connectivity index (χ1v) is 6.99. The first kappa shape index (κ1) is 16.2. The molecule has 0 saturated carbocycles. The lowest BCUT2D eigenvalue weighted by molar-refractivity contribution is -0.127. The predicted molar refractivity (Wildman–Crippen MR) is 81.1 cm³/mol. The van der Waals surface area contributed by atoms with Gasteiger partial charge in [0.15, 0.2) is 0 Å². The largest absolute Gasteiger partial charge is 0.334 e. The van der Waals surface area contributed by atoms with Gasteiger partial charge in [0.2, 0.25) is 5.91 Å². The molecule has 1 aromatic rings. The number of nitrogens with zero attached hydrogens (tertiary/aromatic N) is 1. The lowest BCUT2D eigenvalue weighted by Gasteiger charge is -2.21. The number of benzene rings is 1. The van der Waals surface area contributed by atoms with Crippen LogP contribution in [0.25, 0.3) is 0 Å². The molecule has 0 atom stereocenters. The molecular weight excluding hydrogens is 250 g/mol. The average molecular weight is 273 g/mol. The van der Waals surface area contributed by atoms with Gasteiger partial charge >= 0.3 is 0 Å². The first-order chi connectivity index (χ1) is 9.49. The van der Waals surface area contributed by atoms with Gasteiger partial charge in [-0.05, 0) is 24.5 Å². The fourth-order valence-corrected chi connectivity index (χ4v) is 1.74. The Bertz CT molecular complexity index is 463. The van der Waals surface area contributed by atoms with Crippen LogP contribution in [0.4, 0.5) is 0 Å². The van der Waals surface area contributed by atoms with E-state index >= 15 is 0 Å². The van der Waals surface area contributed by atoms with E-state index < -0.39 is 0 Å². The highest BCUT2D eigenvalue weighted by molar-refractivity contribution is 5.88. The van der Waals surface area contributed by atoms with Crippen molar-refractivity contribution in [1.29, 1.82) is 0 Å². The Morgan fingerprint density at radius 3 is 2.40 bits per heavy atom. The molecule has 3 nitrogen and oxygen atoms in total. The molecule has 108 valence electrons. The minimum atomic E-state index is -0.0381. The summed E-state index contributed by atoms with van der Waals surface area (Å²) < 4.78 is 0. The molecule has 0 fully saturated rings. The van der Waals surface area contributed by atoms with Gasteiger partial charge in [-0.1, -0.05) is 50.3 Å². The lowest BCUT2D eigenvalue weighted by Crippen LogP contribution is -2.31. The molecule has 0 N–H and O–H groups in total. The highest BCUT2D eigenvalue weighted by Crippen LogP contribution is 2.07. The molecule has 0 aliphatic heterocycles. The van der Waals surface area contributed by atoms with Gasteiger partial charge in [-0.25, -0.2) is 0 Å². The van der Waals surface area contributed by atoms with E-state index in [1.54, 1.807) is 17.9 Å². The molecule has 0 aromatic heterocycles. The Hall–Kier alpha value is -1.90. The Labute approximate surface area is 121 Å². The molecule has 0 aliphatic rings. The van der Waals surface area contributed by atoms with E-state index in [0.29, 0.717) is 25.4 Å². The van der Waals surface area contributed by atoms with E-state index in [0.717, 1.165) is 5.56 Å². The topological polar surface area (TPSA) is 37.4 Å². The zero-order valence-electron chi connectivity index (χ0n) is 12.5. The maximum absolute atomic E-state index is 12.2. The van der Waals surface area contributed by atoms with Crippen molar-refractivity contribution in [2.24, 2.45) is 5.92 Å². The van der Waals surface area contributed by atoms with E-state index in [-0.39, 0.29) is 11.7 Å². The van der Waals surface area contributed by atoms with Crippen molar-refractivity contribution in [3.63, 3.8) is 0 Å². The van der Waals surface area contributed by atoms with Gasteiger partial charge in [0.05, 0.1) is 0 Å². The summed E-state index contributed by atoms with van der Waals surface area (Å²) >= 11 is 0. The van der Waals surface area contributed by atoms with Gasteiger partial charge in [-0.3, -0.25) is 9.59 Å². The molecule has 0 spiro atoms. The van der Waals surface area contributed by atoms with E-state index in [1.807, 2.05) is 50.3 Å². The molecule has 0 heterocycles. The first-order valence-electron chi connectivity index (χ1n) is 6.99. The van der Waals surface area contributed by atoms with Gasteiger partial charge in [-0.15, -0.1) is 0 Å². The lowest BCUT2D eigenvalue weighted by atomic mass is 10.1. The van der Waals surface area contributed by atoms with Gasteiger partial charge in [0, 0.05) is 19.5 Å². The highest BCUT2D eigenvalue weighted by Gasteiger charge is 2.12. The maximum Gasteiger partial charge on any atom is 0.246 e. The normalized spacial score (nSPS) is 11.0. The highest BCUT2D eigenvalue weighted by atomic mass is 16.2. The quantitative estimate of drug-likeness (QED) is 0.715. The monoisotopic (exact) mass is 273 g/mol. The molecular formula is C17H23NO2. The number of rotatable bonds is 7. The fourth-order valence-electron chi connectivity index (χ4n) is 1.74. The molecule has 1 amide bonds. The second kappa shape index (κ2) is 8.31. The van der Waals surface area contributed by atoms with Gasteiger partial charge < -0.3 is 4.90 Å². The van der Waals surface area contributed by atoms with Gasteiger partial charge in [0.25, 0.3) is 0 Å². The zero-order valence-corrected chi connectivity index (χ0v) is 12.5. The van der Waals surface area contributed by atoms with Crippen LogP contribution in [0.2, 0.25) is 0 Å². The van der Waals surface area contributed by atoms with Crippen molar-refractivity contribution in [3.8, 4) is 0 Å². The summed E-state index contributed by atoms with van der Waals surface area (Å²) in [5.41, 5.74) is 1.07. The van der Waals surface area contributed by atoms with E-state index in [4.69, 9.17) is 0 Å². The molecule has 0 radical (unpaired) electrons. The number of allylic oxidation sites excluding steroid dienone is 1. The Morgan fingerprint density at radius 2 is 1.85 bits per heavy atom. The molecule has 0 saturated heterocycles. The zero-order chi connectivity index (χ0) is 15.0. The SMILES string of the molecule is CC(=O)CCN(Cc1ccccc1)C(=O)/C=C/C(C)C. The third kappa shape index (κ3) is 6.32. The number of carbonyl (C=O) groups is 2. The number of Topliss-reactive ketones (excluding diaryl/α,β-unsaturated/α-hetero) is 1. The summed E-state index contributed by atoms with van der Waals surface area (Å²) in [5, 5.41) is 0. The van der Waals surface area contributed by atoms with Gasteiger partial charge in [-0.2, -0.15) is 0 Å². The third-order valence-corrected chi connectivity index (χ3v) is 2.89. The minimum absolute atomic E-state index is 0.0381. The van der Waals surface area contributed by atoms with Crippen molar-refractivity contribution in [1.82, 2.24) is 4.90 Å². The fraction of sp³-hybridized carbons (Fsp3) is 0.412. The van der Waals surface area contributed by atoms with Crippen LogP contribution >= 0.6 is 0 Å². The standard InChI is InChI=1S/C17H23NO2/c1-14(2)9-10-17(20)18(12-11-15(3)19)13-16-7-5-4-6-8-16/h4-10,14H,11-13H2,1-3H3/b10-9+. The molecule has 3 heteroatoms. The Kier molecular flexibility index (Phi) is 6.71. The summed E-state index contributed by atoms with van der Waals surface area (Å²) in [4.78, 5) is 25.0. The van der Waals surface area contributed by atoms with Crippen LogP contribution in [0.5, 0.6) is 0 Å². The number of amides is 1. The summed E-state index contributed by atoms with van der Waals surface area (Å²) in [6.45, 7) is 6.61. The molecule has 0 aliphatic carbocycles. The van der Waals surface area contributed by atoms with Crippen LogP contribution in [-0.4, -0.2) is 23.1 Å². The van der Waals surface area contributed by atoms with Crippen molar-refractivity contribution >= 4 is 11.7 Å². The molecule has 0 bridgehead atoms. The average Bonchev–Trinajstić information content (AvgIpc) is 2.41. The van der Waals surface area contributed by atoms with Crippen LogP contribution in [0, 0.1) is 5.92 Å². The van der Waals surface area contributed by atoms with Crippen molar-refractivity contribution < 1.29 is 9.59 Å². The smallest absolute Gasteiger partial charge is 0.246 e. The number of hydrogen-bond donors (Lipinski definition) is 0. The van der Waals surface area contributed by atoms with E-state index in [9.17, 15) is 9.59 Å². The van der Waals surface area contributed by atoms with Crippen LogP contribution in [0.1, 0.15) is 32.8 Å². The van der Waals surface area contributed by atoms with Crippen LogP contribution in [0.15, 0.2) is 42.5 Å². The van der Waals surface area contributed by atoms with Crippen LogP contribution in [-0.2, 0) is 16.1 Å². The Morgan fingerprint density at radius 1 is 1.20 bits per heavy atom. The van der Waals surface area contributed by atoms with Gasteiger partial charge in [0.1, 0.15) is 5.78 Å². The third-order valence-electron chi connectivity index (χ3n) is 2.89. The minimum Gasteiger partial charge on any atom is -0.334 e. The van der Waals surface area contributed by atoms with Crippen LogP contribution in [0.3, 0.4) is 0 Å². The van der Waals surface area contributed by atoms with Crippen molar-refractivity contribution in [2.75, 3.05) is 6.54 Å². The van der Waals surface area contributed by atoms with Crippen molar-refractivity contribution in [2.45, 2.75) is 33.7 Å². The van der Waals surface area contributed by atoms with E-state index in [1.165, 1.54) is 0 Å². The van der Waals surface area contributed by atoms with E-state index in [2.05, 4.69) is 0 Å². The predicted octanol–water partition coefficient (Wildman–Crippen LogP) is 3.21. The number of ketones is 1.